The zero-order chi connectivity index (χ0) is 19.3. The minimum atomic E-state index is -4.21. The third kappa shape index (κ3) is 4.53. The van der Waals surface area contributed by atoms with E-state index in [0.29, 0.717) is 14.5 Å². The molecule has 0 aliphatic carbocycles. The second-order valence-corrected chi connectivity index (χ2v) is 7.87. The highest BCUT2D eigenvalue weighted by molar-refractivity contribution is 9.10. The van der Waals surface area contributed by atoms with Crippen LogP contribution in [0.5, 0.6) is 5.75 Å². The van der Waals surface area contributed by atoms with Crippen LogP contribution in [0.2, 0.25) is 0 Å². The van der Waals surface area contributed by atoms with Crippen molar-refractivity contribution in [3.05, 3.63) is 52.8 Å². The van der Waals surface area contributed by atoms with Crippen LogP contribution in [0.3, 0.4) is 0 Å². The van der Waals surface area contributed by atoms with Gasteiger partial charge in [0.25, 0.3) is 10.0 Å². The summed E-state index contributed by atoms with van der Waals surface area (Å²) < 4.78 is 51.4. The van der Waals surface area contributed by atoms with E-state index >= 15 is 0 Å². The number of anilines is 1. The van der Waals surface area contributed by atoms with Crippen molar-refractivity contribution >= 4 is 37.6 Å². The molecule has 0 saturated heterocycles. The molecule has 0 heterocycles. The number of benzene rings is 2. The number of ether oxygens (including phenoxy) is 2. The number of carbonyl (C=O) groups is 1. The van der Waals surface area contributed by atoms with Gasteiger partial charge in [0, 0.05) is 4.47 Å². The van der Waals surface area contributed by atoms with E-state index in [2.05, 4.69) is 15.9 Å². The first-order valence-corrected chi connectivity index (χ1v) is 9.80. The summed E-state index contributed by atoms with van der Waals surface area (Å²) in [6.07, 6.45) is 0. The first-order chi connectivity index (χ1) is 12.3. The SMILES string of the molecule is CCOC(=O)CN(c1ccc(Br)cc1F)S(=O)(=O)c1ccc(OC)cc1. The Morgan fingerprint density at radius 1 is 1.19 bits per heavy atom. The minimum Gasteiger partial charge on any atom is -0.497 e. The van der Waals surface area contributed by atoms with Gasteiger partial charge in [0.15, 0.2) is 0 Å². The molecule has 0 aromatic heterocycles. The van der Waals surface area contributed by atoms with E-state index in [4.69, 9.17) is 9.47 Å². The van der Waals surface area contributed by atoms with Gasteiger partial charge in [-0.05, 0) is 49.4 Å². The Kier molecular flexibility index (Phi) is 6.60. The first kappa shape index (κ1) is 20.2. The van der Waals surface area contributed by atoms with Crippen LogP contribution in [0.1, 0.15) is 6.92 Å². The predicted molar refractivity (Wildman–Crippen MR) is 98.3 cm³/mol. The van der Waals surface area contributed by atoms with Crippen molar-refractivity contribution in [2.75, 3.05) is 24.6 Å². The second kappa shape index (κ2) is 8.50. The van der Waals surface area contributed by atoms with Gasteiger partial charge >= 0.3 is 5.97 Å². The van der Waals surface area contributed by atoms with Gasteiger partial charge in [-0.3, -0.25) is 9.10 Å². The Bertz CT molecular complexity index is 887. The molecule has 0 aliphatic rings. The largest absolute Gasteiger partial charge is 0.497 e. The molecule has 2 aromatic rings. The molecule has 0 spiro atoms. The summed E-state index contributed by atoms with van der Waals surface area (Å²) in [5.74, 6) is -1.11. The lowest BCUT2D eigenvalue weighted by atomic mass is 10.3. The van der Waals surface area contributed by atoms with Gasteiger partial charge in [0.1, 0.15) is 18.1 Å². The Morgan fingerprint density at radius 3 is 2.38 bits per heavy atom. The molecule has 0 aliphatic heterocycles. The van der Waals surface area contributed by atoms with Crippen LogP contribution in [-0.2, 0) is 19.6 Å². The van der Waals surface area contributed by atoms with E-state index in [0.717, 1.165) is 6.07 Å². The number of rotatable bonds is 7. The summed E-state index contributed by atoms with van der Waals surface area (Å²) in [6, 6.07) is 9.46. The summed E-state index contributed by atoms with van der Waals surface area (Å²) in [7, 11) is -2.75. The molecular formula is C17H17BrFNO5S. The Morgan fingerprint density at radius 2 is 1.85 bits per heavy atom. The Balaban J connectivity index is 2.51. The summed E-state index contributed by atoms with van der Waals surface area (Å²) in [5.41, 5.74) is -0.253. The van der Waals surface area contributed by atoms with Gasteiger partial charge in [-0.1, -0.05) is 15.9 Å². The standard InChI is InChI=1S/C17H17BrFNO5S/c1-3-25-17(21)11-20(16-9-4-12(18)10-15(16)19)26(22,23)14-7-5-13(24-2)6-8-14/h4-10H,3,11H2,1-2H3. The first-order valence-electron chi connectivity index (χ1n) is 7.57. The smallest absolute Gasteiger partial charge is 0.326 e. The van der Waals surface area contributed by atoms with Crippen LogP contribution in [0.4, 0.5) is 10.1 Å². The molecule has 0 saturated carbocycles. The molecule has 26 heavy (non-hydrogen) atoms. The number of nitrogens with zero attached hydrogens (tertiary/aromatic N) is 1. The van der Waals surface area contributed by atoms with Crippen LogP contribution < -0.4 is 9.04 Å². The molecule has 2 rings (SSSR count). The maximum Gasteiger partial charge on any atom is 0.326 e. The van der Waals surface area contributed by atoms with Crippen molar-refractivity contribution in [1.29, 1.82) is 0 Å². The molecule has 6 nitrogen and oxygen atoms in total. The summed E-state index contributed by atoms with van der Waals surface area (Å²) in [6.45, 7) is 1.03. The molecule has 0 amide bonds. The highest BCUT2D eigenvalue weighted by Crippen LogP contribution is 2.29. The van der Waals surface area contributed by atoms with Crippen molar-refractivity contribution in [2.24, 2.45) is 0 Å². The fourth-order valence-corrected chi connectivity index (χ4v) is 3.93. The molecule has 0 unspecified atom stereocenters. The predicted octanol–water partition coefficient (Wildman–Crippen LogP) is 3.36. The van der Waals surface area contributed by atoms with Crippen LogP contribution in [-0.4, -0.2) is 34.6 Å². The van der Waals surface area contributed by atoms with Crippen molar-refractivity contribution in [1.82, 2.24) is 0 Å². The second-order valence-electron chi connectivity index (χ2n) is 5.09. The number of carbonyl (C=O) groups excluding carboxylic acids is 1. The number of halogens is 2. The number of hydrogen-bond acceptors (Lipinski definition) is 5. The Labute approximate surface area is 159 Å². The zero-order valence-corrected chi connectivity index (χ0v) is 16.5. The van der Waals surface area contributed by atoms with E-state index in [-0.39, 0.29) is 17.2 Å². The van der Waals surface area contributed by atoms with E-state index in [1.807, 2.05) is 0 Å². The fourth-order valence-electron chi connectivity index (χ4n) is 2.18. The lowest BCUT2D eigenvalue weighted by molar-refractivity contribution is -0.141. The van der Waals surface area contributed by atoms with Gasteiger partial charge in [0.05, 0.1) is 24.3 Å². The van der Waals surface area contributed by atoms with Crippen molar-refractivity contribution in [2.45, 2.75) is 11.8 Å². The highest BCUT2D eigenvalue weighted by Gasteiger charge is 2.29. The van der Waals surface area contributed by atoms with Gasteiger partial charge in [-0.15, -0.1) is 0 Å². The molecule has 9 heteroatoms. The lowest BCUT2D eigenvalue weighted by Gasteiger charge is -2.24. The summed E-state index contributed by atoms with van der Waals surface area (Å²) >= 11 is 3.12. The van der Waals surface area contributed by atoms with Crippen molar-refractivity contribution < 1.29 is 27.1 Å². The lowest BCUT2D eigenvalue weighted by Crippen LogP contribution is -2.37. The third-order valence-electron chi connectivity index (χ3n) is 3.40. The third-order valence-corrected chi connectivity index (χ3v) is 5.67. The molecule has 0 N–H and O–H groups in total. The van der Waals surface area contributed by atoms with E-state index in [1.54, 1.807) is 6.92 Å². The highest BCUT2D eigenvalue weighted by atomic mass is 79.9. The van der Waals surface area contributed by atoms with Crippen LogP contribution in [0, 0.1) is 5.82 Å². The van der Waals surface area contributed by atoms with Crippen molar-refractivity contribution in [3.63, 3.8) is 0 Å². The van der Waals surface area contributed by atoms with Crippen molar-refractivity contribution in [3.8, 4) is 5.75 Å². The van der Waals surface area contributed by atoms with Crippen LogP contribution in [0.15, 0.2) is 51.8 Å². The van der Waals surface area contributed by atoms with Crippen LogP contribution >= 0.6 is 15.9 Å². The maximum absolute atomic E-state index is 14.4. The minimum absolute atomic E-state index is 0.0814. The van der Waals surface area contributed by atoms with E-state index in [9.17, 15) is 17.6 Å². The Hall–Kier alpha value is -2.13. The topological polar surface area (TPSA) is 72.9 Å². The van der Waals surface area contributed by atoms with Gasteiger partial charge in [-0.2, -0.15) is 0 Å². The normalized spacial score (nSPS) is 11.1. The number of esters is 1. The fraction of sp³-hybridized carbons (Fsp3) is 0.235. The van der Waals surface area contributed by atoms with Gasteiger partial charge in [0.2, 0.25) is 0 Å². The zero-order valence-electron chi connectivity index (χ0n) is 14.1. The number of methoxy groups -OCH3 is 1. The molecule has 140 valence electrons. The maximum atomic E-state index is 14.4. The quantitative estimate of drug-likeness (QED) is 0.610. The summed E-state index contributed by atoms with van der Waals surface area (Å²) in [4.78, 5) is 11.8. The molecule has 0 fully saturated rings. The molecule has 0 bridgehead atoms. The molecule has 0 atom stereocenters. The number of hydrogen-bond donors (Lipinski definition) is 0. The van der Waals surface area contributed by atoms with E-state index in [1.165, 1.54) is 43.5 Å². The molecule has 0 radical (unpaired) electrons. The van der Waals surface area contributed by atoms with E-state index < -0.39 is 28.4 Å². The average Bonchev–Trinajstić information content (AvgIpc) is 2.60. The molecular weight excluding hydrogens is 429 g/mol. The van der Waals surface area contributed by atoms with Gasteiger partial charge < -0.3 is 9.47 Å². The van der Waals surface area contributed by atoms with Crippen LogP contribution in [0.25, 0.3) is 0 Å². The monoisotopic (exact) mass is 445 g/mol. The number of sulfonamides is 1. The summed E-state index contributed by atoms with van der Waals surface area (Å²) in [5, 5.41) is 0. The average molecular weight is 446 g/mol. The molecule has 2 aromatic carbocycles. The van der Waals surface area contributed by atoms with Gasteiger partial charge in [-0.25, -0.2) is 12.8 Å².